The normalized spacial score (nSPS) is 11.1. The first-order valence-corrected chi connectivity index (χ1v) is 11.5. The van der Waals surface area contributed by atoms with E-state index in [9.17, 15) is 9.59 Å². The Labute approximate surface area is 205 Å². The van der Waals surface area contributed by atoms with E-state index >= 15 is 0 Å². The maximum atomic E-state index is 13.0. The lowest BCUT2D eigenvalue weighted by molar-refractivity contribution is 0.102. The number of aromatic nitrogens is 1. The van der Waals surface area contributed by atoms with Crippen LogP contribution in [0.15, 0.2) is 111 Å². The van der Waals surface area contributed by atoms with Crippen LogP contribution in [0.4, 0.5) is 5.69 Å². The van der Waals surface area contributed by atoms with Gasteiger partial charge in [0.1, 0.15) is 11.1 Å². The summed E-state index contributed by atoms with van der Waals surface area (Å²) in [6.45, 7) is 2.01. The third kappa shape index (κ3) is 3.95. The number of para-hydroxylation sites is 1. The average molecular weight is 473 g/mol. The molecule has 2 aromatic heterocycles. The fourth-order valence-corrected chi connectivity index (χ4v) is 4.23. The second kappa shape index (κ2) is 8.67. The molecule has 0 bridgehead atoms. The van der Waals surface area contributed by atoms with Gasteiger partial charge in [0, 0.05) is 22.2 Å². The van der Waals surface area contributed by atoms with Gasteiger partial charge in [-0.1, -0.05) is 48.5 Å². The van der Waals surface area contributed by atoms with Gasteiger partial charge >= 0.3 is 5.63 Å². The number of carbonyl (C=O) groups is 1. The van der Waals surface area contributed by atoms with Crippen LogP contribution in [0.25, 0.3) is 44.7 Å². The van der Waals surface area contributed by atoms with Gasteiger partial charge in [0.2, 0.25) is 5.89 Å². The SMILES string of the molecule is Cc1ccccc1-c1nc2cc(NC(=O)c3cccc(-c4cc5ccccc5oc4=O)c3)ccc2o1. The highest BCUT2D eigenvalue weighted by atomic mass is 16.4. The number of rotatable bonds is 4. The highest BCUT2D eigenvalue weighted by molar-refractivity contribution is 6.05. The summed E-state index contributed by atoms with van der Waals surface area (Å²) < 4.78 is 11.4. The number of oxazole rings is 1. The summed E-state index contributed by atoms with van der Waals surface area (Å²) in [4.78, 5) is 30.2. The van der Waals surface area contributed by atoms with Gasteiger partial charge in [0.05, 0.1) is 5.56 Å². The molecular weight excluding hydrogens is 452 g/mol. The molecule has 0 atom stereocenters. The molecule has 4 aromatic carbocycles. The predicted octanol–water partition coefficient (Wildman–Crippen LogP) is 6.83. The fourth-order valence-electron chi connectivity index (χ4n) is 4.23. The van der Waals surface area contributed by atoms with Gasteiger partial charge in [-0.25, -0.2) is 9.78 Å². The lowest BCUT2D eigenvalue weighted by atomic mass is 10.0. The van der Waals surface area contributed by atoms with Crippen molar-refractivity contribution in [2.45, 2.75) is 6.92 Å². The van der Waals surface area contributed by atoms with Crippen molar-refractivity contribution in [2.75, 3.05) is 5.32 Å². The summed E-state index contributed by atoms with van der Waals surface area (Å²) in [5.74, 6) is 0.234. The van der Waals surface area contributed by atoms with Crippen LogP contribution in [0.1, 0.15) is 15.9 Å². The summed E-state index contributed by atoms with van der Waals surface area (Å²) in [6, 6.07) is 29.2. The van der Waals surface area contributed by atoms with Crippen LogP contribution in [0.3, 0.4) is 0 Å². The first-order chi connectivity index (χ1) is 17.5. The van der Waals surface area contributed by atoms with Gasteiger partial charge < -0.3 is 14.2 Å². The topological polar surface area (TPSA) is 85.3 Å². The van der Waals surface area contributed by atoms with E-state index in [2.05, 4.69) is 10.3 Å². The maximum Gasteiger partial charge on any atom is 0.344 e. The molecule has 1 amide bonds. The highest BCUT2D eigenvalue weighted by Crippen LogP contribution is 2.28. The number of nitrogens with zero attached hydrogens (tertiary/aromatic N) is 1. The van der Waals surface area contributed by atoms with E-state index in [1.807, 2.05) is 49.4 Å². The summed E-state index contributed by atoms with van der Waals surface area (Å²) in [5, 5.41) is 3.72. The molecule has 174 valence electrons. The molecule has 6 aromatic rings. The van der Waals surface area contributed by atoms with Crippen LogP contribution in [0.2, 0.25) is 0 Å². The summed E-state index contributed by atoms with van der Waals surface area (Å²) in [6.07, 6.45) is 0. The summed E-state index contributed by atoms with van der Waals surface area (Å²) in [7, 11) is 0. The monoisotopic (exact) mass is 472 g/mol. The van der Waals surface area contributed by atoms with Crippen LogP contribution in [0, 0.1) is 6.92 Å². The zero-order valence-corrected chi connectivity index (χ0v) is 19.3. The van der Waals surface area contributed by atoms with Gasteiger partial charge in [0.15, 0.2) is 5.58 Å². The molecule has 1 N–H and O–H groups in total. The van der Waals surface area contributed by atoms with Crippen molar-refractivity contribution >= 4 is 33.7 Å². The maximum absolute atomic E-state index is 13.0. The molecular formula is C30H20N2O4. The third-order valence-corrected chi connectivity index (χ3v) is 6.10. The van der Waals surface area contributed by atoms with Gasteiger partial charge in [0.25, 0.3) is 5.91 Å². The Morgan fingerprint density at radius 1 is 0.778 bits per heavy atom. The van der Waals surface area contributed by atoms with E-state index in [0.29, 0.717) is 45.0 Å². The number of nitrogens with one attached hydrogen (secondary N) is 1. The van der Waals surface area contributed by atoms with Crippen molar-refractivity contribution in [2.24, 2.45) is 0 Å². The minimum atomic E-state index is -0.452. The number of benzene rings is 4. The number of carbonyl (C=O) groups excluding carboxylic acids is 1. The van der Waals surface area contributed by atoms with Crippen molar-refractivity contribution in [3.05, 3.63) is 119 Å². The smallest absolute Gasteiger partial charge is 0.344 e. The van der Waals surface area contributed by atoms with E-state index in [1.165, 1.54) is 0 Å². The van der Waals surface area contributed by atoms with E-state index in [4.69, 9.17) is 8.83 Å². The largest absolute Gasteiger partial charge is 0.436 e. The molecule has 0 aliphatic carbocycles. The molecule has 36 heavy (non-hydrogen) atoms. The zero-order chi connectivity index (χ0) is 24.6. The van der Waals surface area contributed by atoms with E-state index in [-0.39, 0.29) is 5.91 Å². The zero-order valence-electron chi connectivity index (χ0n) is 19.3. The molecule has 0 aliphatic heterocycles. The van der Waals surface area contributed by atoms with Crippen LogP contribution >= 0.6 is 0 Å². The molecule has 0 saturated heterocycles. The summed E-state index contributed by atoms with van der Waals surface area (Å²) in [5.41, 5.74) is 5.36. The van der Waals surface area contributed by atoms with E-state index < -0.39 is 5.63 Å². The second-order valence-electron chi connectivity index (χ2n) is 8.54. The fraction of sp³-hybridized carbons (Fsp3) is 0.0333. The Morgan fingerprint density at radius 2 is 1.61 bits per heavy atom. The molecule has 6 heteroatoms. The lowest BCUT2D eigenvalue weighted by Gasteiger charge is -2.07. The molecule has 0 fully saturated rings. The van der Waals surface area contributed by atoms with E-state index in [0.717, 1.165) is 16.5 Å². The molecule has 0 saturated carbocycles. The minimum absolute atomic E-state index is 0.302. The number of hydrogen-bond acceptors (Lipinski definition) is 5. The van der Waals surface area contributed by atoms with Crippen molar-refractivity contribution in [3.63, 3.8) is 0 Å². The van der Waals surface area contributed by atoms with Gasteiger partial charge in [-0.05, 0) is 66.6 Å². The molecule has 6 rings (SSSR count). The Bertz CT molecular complexity index is 1830. The molecule has 0 radical (unpaired) electrons. The number of hydrogen-bond donors (Lipinski definition) is 1. The Hall–Kier alpha value is -4.97. The van der Waals surface area contributed by atoms with Crippen LogP contribution in [-0.4, -0.2) is 10.9 Å². The van der Waals surface area contributed by atoms with Crippen molar-refractivity contribution in [1.82, 2.24) is 4.98 Å². The number of anilines is 1. The molecule has 0 unspecified atom stereocenters. The van der Waals surface area contributed by atoms with Crippen molar-refractivity contribution in [1.29, 1.82) is 0 Å². The Balaban J connectivity index is 1.28. The number of aryl methyl sites for hydroxylation is 1. The minimum Gasteiger partial charge on any atom is -0.436 e. The van der Waals surface area contributed by atoms with Gasteiger partial charge in [-0.15, -0.1) is 0 Å². The molecule has 2 heterocycles. The van der Waals surface area contributed by atoms with Crippen molar-refractivity contribution in [3.8, 4) is 22.6 Å². The second-order valence-corrected chi connectivity index (χ2v) is 8.54. The quantitative estimate of drug-likeness (QED) is 0.284. The van der Waals surface area contributed by atoms with Crippen LogP contribution in [0.5, 0.6) is 0 Å². The predicted molar refractivity (Wildman–Crippen MR) is 140 cm³/mol. The van der Waals surface area contributed by atoms with Gasteiger partial charge in [-0.2, -0.15) is 0 Å². The average Bonchev–Trinajstić information content (AvgIpc) is 3.32. The molecule has 6 nitrogen and oxygen atoms in total. The molecule has 0 spiro atoms. The first kappa shape index (κ1) is 21.6. The Kier molecular flexibility index (Phi) is 5.19. The lowest BCUT2D eigenvalue weighted by Crippen LogP contribution is -2.12. The molecule has 0 aliphatic rings. The Morgan fingerprint density at radius 3 is 2.50 bits per heavy atom. The van der Waals surface area contributed by atoms with Crippen LogP contribution in [-0.2, 0) is 0 Å². The number of fused-ring (bicyclic) bond motifs is 2. The van der Waals surface area contributed by atoms with E-state index in [1.54, 1.807) is 54.6 Å². The van der Waals surface area contributed by atoms with Crippen molar-refractivity contribution < 1.29 is 13.6 Å². The van der Waals surface area contributed by atoms with Gasteiger partial charge in [-0.3, -0.25) is 4.79 Å². The summed E-state index contributed by atoms with van der Waals surface area (Å²) >= 11 is 0. The standard InChI is InChI=1S/C30H20N2O4/c1-18-7-2-4-11-23(18)29-32-25-17-22(13-14-27(25)35-29)31-28(33)21-10-6-9-19(15-21)24-16-20-8-3-5-12-26(20)36-30(24)34/h2-17H,1H3,(H,31,33). The number of amides is 1. The highest BCUT2D eigenvalue weighted by Gasteiger charge is 2.14. The first-order valence-electron chi connectivity index (χ1n) is 11.5. The third-order valence-electron chi connectivity index (χ3n) is 6.10. The van der Waals surface area contributed by atoms with Crippen LogP contribution < -0.4 is 10.9 Å².